The number of anilines is 1. The number of morpholine rings is 1. The molecule has 28 heavy (non-hydrogen) atoms. The van der Waals surface area contributed by atoms with E-state index in [1.807, 2.05) is 33.1 Å². The average molecular weight is 424 g/mol. The van der Waals surface area contributed by atoms with Crippen molar-refractivity contribution in [2.24, 2.45) is 0 Å². The zero-order valence-corrected chi connectivity index (χ0v) is 18.0. The number of hydrogen-bond acceptors (Lipinski definition) is 6. The number of rotatable bonds is 5. The molecule has 1 saturated heterocycles. The average Bonchev–Trinajstić information content (AvgIpc) is 3.10. The third-order valence-electron chi connectivity index (χ3n) is 4.47. The van der Waals surface area contributed by atoms with Gasteiger partial charge in [-0.15, -0.1) is 11.3 Å². The van der Waals surface area contributed by atoms with Crippen molar-refractivity contribution in [2.75, 3.05) is 18.4 Å². The normalized spacial score (nSPS) is 21.0. The number of carbonyl (C=O) groups excluding carboxylic acids is 1. The van der Waals surface area contributed by atoms with Crippen LogP contribution >= 0.6 is 11.3 Å². The van der Waals surface area contributed by atoms with Gasteiger partial charge in [0.25, 0.3) is 5.91 Å². The lowest BCUT2D eigenvalue weighted by Crippen LogP contribution is -2.48. The van der Waals surface area contributed by atoms with Crippen molar-refractivity contribution in [1.82, 2.24) is 9.29 Å². The van der Waals surface area contributed by atoms with Gasteiger partial charge in [-0.3, -0.25) is 10.1 Å². The Kier molecular flexibility index (Phi) is 6.18. The van der Waals surface area contributed by atoms with Crippen LogP contribution in [0.3, 0.4) is 0 Å². The summed E-state index contributed by atoms with van der Waals surface area (Å²) >= 11 is 1.37. The van der Waals surface area contributed by atoms with Gasteiger partial charge in [-0.25, -0.2) is 13.4 Å². The second kappa shape index (κ2) is 8.28. The molecule has 0 aliphatic carbocycles. The Labute approximate surface area is 169 Å². The van der Waals surface area contributed by atoms with Crippen LogP contribution in [0.4, 0.5) is 5.13 Å². The standard InChI is InChI=1S/C19H25N3O4S2/c1-12(2)17-11-27-19(20-17)21-18(23)15-5-7-16(8-6-15)28(24,25)22-9-13(3)26-14(4)10-22/h5-8,11-14H,9-10H2,1-4H3,(H,20,21,23). The highest BCUT2D eigenvalue weighted by molar-refractivity contribution is 7.89. The molecule has 152 valence electrons. The maximum Gasteiger partial charge on any atom is 0.257 e. The zero-order chi connectivity index (χ0) is 20.5. The van der Waals surface area contributed by atoms with Crippen molar-refractivity contribution in [3.05, 3.63) is 40.9 Å². The number of thiazole rings is 1. The number of nitrogens with one attached hydrogen (secondary N) is 1. The van der Waals surface area contributed by atoms with Crippen molar-refractivity contribution in [1.29, 1.82) is 0 Å². The topological polar surface area (TPSA) is 88.6 Å². The number of nitrogens with zero attached hydrogens (tertiary/aromatic N) is 2. The highest BCUT2D eigenvalue weighted by Gasteiger charge is 2.32. The van der Waals surface area contributed by atoms with Crippen LogP contribution in [0, 0.1) is 0 Å². The monoisotopic (exact) mass is 423 g/mol. The molecule has 1 amide bonds. The lowest BCUT2D eigenvalue weighted by atomic mass is 10.2. The van der Waals surface area contributed by atoms with E-state index in [0.717, 1.165) is 5.69 Å². The molecule has 2 unspecified atom stereocenters. The molecule has 0 saturated carbocycles. The van der Waals surface area contributed by atoms with E-state index >= 15 is 0 Å². The van der Waals surface area contributed by atoms with Gasteiger partial charge in [-0.05, 0) is 44.0 Å². The fraction of sp³-hybridized carbons (Fsp3) is 0.474. The molecule has 1 aliphatic rings. The zero-order valence-electron chi connectivity index (χ0n) is 16.4. The van der Waals surface area contributed by atoms with Crippen LogP contribution in [0.2, 0.25) is 0 Å². The molecule has 0 spiro atoms. The lowest BCUT2D eigenvalue weighted by Gasteiger charge is -2.34. The van der Waals surface area contributed by atoms with Crippen molar-refractivity contribution in [3.63, 3.8) is 0 Å². The third-order valence-corrected chi connectivity index (χ3v) is 7.10. The highest BCUT2D eigenvalue weighted by atomic mass is 32.2. The predicted octanol–water partition coefficient (Wildman–Crippen LogP) is 3.32. The van der Waals surface area contributed by atoms with Gasteiger partial charge in [0.05, 0.1) is 22.8 Å². The Hall–Kier alpha value is -1.81. The van der Waals surface area contributed by atoms with Gasteiger partial charge in [0.2, 0.25) is 10.0 Å². The minimum absolute atomic E-state index is 0.155. The van der Waals surface area contributed by atoms with Gasteiger partial charge >= 0.3 is 0 Å². The van der Waals surface area contributed by atoms with Crippen LogP contribution in [0.5, 0.6) is 0 Å². The van der Waals surface area contributed by atoms with Gasteiger partial charge in [0, 0.05) is 24.0 Å². The summed E-state index contributed by atoms with van der Waals surface area (Å²) < 4.78 is 32.8. The number of hydrogen-bond donors (Lipinski definition) is 1. The SMILES string of the molecule is CC1CN(S(=O)(=O)c2ccc(C(=O)Nc3nc(C(C)C)cs3)cc2)CC(C)O1. The third kappa shape index (κ3) is 4.60. The molecular weight excluding hydrogens is 398 g/mol. The molecular formula is C19H25N3O4S2. The van der Waals surface area contributed by atoms with E-state index in [4.69, 9.17) is 4.74 Å². The minimum atomic E-state index is -3.62. The van der Waals surface area contributed by atoms with Gasteiger partial charge in [0.15, 0.2) is 5.13 Å². The van der Waals surface area contributed by atoms with Gasteiger partial charge in [-0.1, -0.05) is 13.8 Å². The predicted molar refractivity (Wildman–Crippen MR) is 109 cm³/mol. The summed E-state index contributed by atoms with van der Waals surface area (Å²) in [5, 5.41) is 5.21. The Morgan fingerprint density at radius 3 is 2.36 bits per heavy atom. The number of ether oxygens (including phenoxy) is 1. The fourth-order valence-corrected chi connectivity index (χ4v) is 5.49. The molecule has 7 nitrogen and oxygen atoms in total. The summed E-state index contributed by atoms with van der Waals surface area (Å²) in [6.45, 7) is 8.42. The Morgan fingerprint density at radius 2 is 1.82 bits per heavy atom. The Balaban J connectivity index is 1.72. The van der Waals surface area contributed by atoms with E-state index in [0.29, 0.717) is 23.8 Å². The lowest BCUT2D eigenvalue weighted by molar-refractivity contribution is -0.0440. The van der Waals surface area contributed by atoms with Crippen LogP contribution in [-0.4, -0.2) is 48.9 Å². The highest BCUT2D eigenvalue weighted by Crippen LogP contribution is 2.23. The number of aromatic nitrogens is 1. The molecule has 2 aromatic rings. The van der Waals surface area contributed by atoms with Crippen LogP contribution in [0.25, 0.3) is 0 Å². The first-order valence-electron chi connectivity index (χ1n) is 9.19. The number of amides is 1. The fourth-order valence-electron chi connectivity index (χ4n) is 3.03. The van der Waals surface area contributed by atoms with Crippen LogP contribution in [0.15, 0.2) is 34.5 Å². The van der Waals surface area contributed by atoms with Crippen molar-refractivity contribution in [2.45, 2.75) is 50.7 Å². The van der Waals surface area contributed by atoms with Crippen LogP contribution in [-0.2, 0) is 14.8 Å². The van der Waals surface area contributed by atoms with Gasteiger partial charge in [0.1, 0.15) is 0 Å². The van der Waals surface area contributed by atoms with Gasteiger partial charge < -0.3 is 4.74 Å². The molecule has 9 heteroatoms. The summed E-state index contributed by atoms with van der Waals surface area (Å²) in [7, 11) is -3.62. The number of sulfonamides is 1. The van der Waals surface area contributed by atoms with E-state index < -0.39 is 10.0 Å². The van der Waals surface area contributed by atoms with E-state index in [9.17, 15) is 13.2 Å². The van der Waals surface area contributed by atoms with E-state index in [-0.39, 0.29) is 28.9 Å². The molecule has 3 rings (SSSR count). The molecule has 1 fully saturated rings. The smallest absolute Gasteiger partial charge is 0.257 e. The van der Waals surface area contributed by atoms with Crippen molar-refractivity contribution in [3.8, 4) is 0 Å². The summed E-state index contributed by atoms with van der Waals surface area (Å²) in [6.07, 6.45) is -0.310. The Morgan fingerprint density at radius 1 is 1.21 bits per heavy atom. The van der Waals surface area contributed by atoms with Gasteiger partial charge in [-0.2, -0.15) is 4.31 Å². The number of benzene rings is 1. The molecule has 2 atom stereocenters. The number of carbonyl (C=O) groups is 1. The van der Waals surface area contributed by atoms with E-state index in [1.165, 1.54) is 39.9 Å². The first-order valence-corrected chi connectivity index (χ1v) is 11.5. The maximum absolute atomic E-state index is 12.9. The first-order chi connectivity index (χ1) is 13.2. The molecule has 1 aliphatic heterocycles. The largest absolute Gasteiger partial charge is 0.373 e. The van der Waals surface area contributed by atoms with Crippen LogP contribution in [0.1, 0.15) is 49.7 Å². The van der Waals surface area contributed by atoms with Crippen LogP contribution < -0.4 is 5.32 Å². The molecule has 1 N–H and O–H groups in total. The van der Waals surface area contributed by atoms with Crippen molar-refractivity contribution >= 4 is 32.4 Å². The first kappa shape index (κ1) is 20.9. The molecule has 1 aromatic heterocycles. The summed E-state index contributed by atoms with van der Waals surface area (Å²) in [4.78, 5) is 17.0. The van der Waals surface area contributed by atoms with Crippen molar-refractivity contribution < 1.29 is 17.9 Å². The molecule has 0 radical (unpaired) electrons. The second-order valence-electron chi connectivity index (χ2n) is 7.29. The molecule has 0 bridgehead atoms. The Bertz CT molecular complexity index is 928. The summed E-state index contributed by atoms with van der Waals surface area (Å²) in [5.41, 5.74) is 1.31. The van der Waals surface area contributed by atoms with E-state index in [1.54, 1.807) is 0 Å². The molecule has 1 aromatic carbocycles. The van der Waals surface area contributed by atoms with E-state index in [2.05, 4.69) is 10.3 Å². The summed E-state index contributed by atoms with van der Waals surface area (Å²) in [5.74, 6) is -0.0285. The second-order valence-corrected chi connectivity index (χ2v) is 10.1. The maximum atomic E-state index is 12.9. The minimum Gasteiger partial charge on any atom is -0.373 e. The quantitative estimate of drug-likeness (QED) is 0.797. The summed E-state index contributed by atoms with van der Waals surface area (Å²) in [6, 6.07) is 5.98. The molecule has 2 heterocycles.